The summed E-state index contributed by atoms with van der Waals surface area (Å²) in [6, 6.07) is 3.67. The first-order chi connectivity index (χ1) is 9.02. The Bertz CT molecular complexity index is 428. The van der Waals surface area contributed by atoms with Crippen LogP contribution < -0.4 is 10.1 Å². The second-order valence-electron chi connectivity index (χ2n) is 4.20. The van der Waals surface area contributed by atoms with E-state index >= 15 is 0 Å². The van der Waals surface area contributed by atoms with Crippen molar-refractivity contribution in [1.82, 2.24) is 5.32 Å². The molecular formula is C13H17ClFNO3. The summed E-state index contributed by atoms with van der Waals surface area (Å²) in [5.41, 5.74) is 0. The van der Waals surface area contributed by atoms with E-state index in [4.69, 9.17) is 21.4 Å². The molecular weight excluding hydrogens is 273 g/mol. The van der Waals surface area contributed by atoms with Crippen LogP contribution in [-0.4, -0.2) is 30.3 Å². The van der Waals surface area contributed by atoms with Crippen molar-refractivity contribution < 1.29 is 19.0 Å². The molecule has 0 saturated heterocycles. The van der Waals surface area contributed by atoms with Gasteiger partial charge in [-0.15, -0.1) is 0 Å². The van der Waals surface area contributed by atoms with Crippen LogP contribution in [0.25, 0.3) is 0 Å². The van der Waals surface area contributed by atoms with Crippen LogP contribution >= 0.6 is 11.6 Å². The zero-order chi connectivity index (χ0) is 14.3. The number of carbonyl (C=O) groups is 1. The smallest absolute Gasteiger partial charge is 0.258 e. The van der Waals surface area contributed by atoms with Gasteiger partial charge >= 0.3 is 0 Å². The SMILES string of the molecule is CC(CCCO)NC(=O)COc1ccc(F)cc1Cl. The summed E-state index contributed by atoms with van der Waals surface area (Å²) in [4.78, 5) is 11.6. The quantitative estimate of drug-likeness (QED) is 0.808. The van der Waals surface area contributed by atoms with Gasteiger partial charge in [-0.25, -0.2) is 4.39 Å². The molecule has 106 valence electrons. The molecule has 1 aromatic rings. The fourth-order valence-corrected chi connectivity index (χ4v) is 1.74. The highest BCUT2D eigenvalue weighted by atomic mass is 35.5. The summed E-state index contributed by atoms with van der Waals surface area (Å²) in [5, 5.41) is 11.5. The van der Waals surface area contributed by atoms with Crippen molar-refractivity contribution in [2.24, 2.45) is 0 Å². The highest BCUT2D eigenvalue weighted by Crippen LogP contribution is 2.24. The van der Waals surface area contributed by atoms with Gasteiger partial charge in [0, 0.05) is 12.6 Å². The van der Waals surface area contributed by atoms with Gasteiger partial charge in [0.2, 0.25) is 0 Å². The lowest BCUT2D eigenvalue weighted by Gasteiger charge is -2.14. The minimum absolute atomic E-state index is 0.0352. The fourth-order valence-electron chi connectivity index (χ4n) is 1.52. The van der Waals surface area contributed by atoms with Crippen molar-refractivity contribution >= 4 is 17.5 Å². The third-order valence-corrected chi connectivity index (χ3v) is 2.75. The number of halogens is 2. The molecule has 0 aliphatic heterocycles. The molecule has 0 fully saturated rings. The van der Waals surface area contributed by atoms with Gasteiger partial charge in [0.15, 0.2) is 6.61 Å². The Morgan fingerprint density at radius 1 is 1.58 bits per heavy atom. The van der Waals surface area contributed by atoms with Gasteiger partial charge in [-0.05, 0) is 38.0 Å². The van der Waals surface area contributed by atoms with Crippen LogP contribution in [0.3, 0.4) is 0 Å². The highest BCUT2D eigenvalue weighted by molar-refractivity contribution is 6.32. The number of aliphatic hydroxyl groups excluding tert-OH is 1. The van der Waals surface area contributed by atoms with Crippen molar-refractivity contribution in [3.8, 4) is 5.75 Å². The van der Waals surface area contributed by atoms with Gasteiger partial charge in [0.05, 0.1) is 5.02 Å². The lowest BCUT2D eigenvalue weighted by Crippen LogP contribution is -2.36. The van der Waals surface area contributed by atoms with Crippen molar-refractivity contribution in [3.05, 3.63) is 29.0 Å². The normalized spacial score (nSPS) is 12.0. The Kier molecular flexibility index (Phi) is 6.59. The van der Waals surface area contributed by atoms with Gasteiger partial charge < -0.3 is 15.2 Å². The molecule has 4 nitrogen and oxygen atoms in total. The first-order valence-electron chi connectivity index (χ1n) is 6.01. The standard InChI is InChI=1S/C13H17ClFNO3/c1-9(3-2-6-17)16-13(18)8-19-12-5-4-10(15)7-11(12)14/h4-5,7,9,17H,2-3,6,8H2,1H3,(H,16,18). The molecule has 1 amide bonds. The lowest BCUT2D eigenvalue weighted by atomic mass is 10.2. The molecule has 0 saturated carbocycles. The van der Waals surface area contributed by atoms with E-state index in [0.29, 0.717) is 12.8 Å². The number of benzene rings is 1. The largest absolute Gasteiger partial charge is 0.482 e. The van der Waals surface area contributed by atoms with Gasteiger partial charge in [-0.1, -0.05) is 11.6 Å². The Morgan fingerprint density at radius 3 is 2.95 bits per heavy atom. The second-order valence-corrected chi connectivity index (χ2v) is 4.61. The van der Waals surface area contributed by atoms with Crippen LogP contribution in [0.5, 0.6) is 5.75 Å². The van der Waals surface area contributed by atoms with E-state index in [9.17, 15) is 9.18 Å². The van der Waals surface area contributed by atoms with Crippen LogP contribution in [0.15, 0.2) is 18.2 Å². The molecule has 0 aliphatic carbocycles. The minimum Gasteiger partial charge on any atom is -0.482 e. The third-order valence-electron chi connectivity index (χ3n) is 2.46. The van der Waals surface area contributed by atoms with Crippen LogP contribution in [0, 0.1) is 5.82 Å². The maximum atomic E-state index is 12.8. The molecule has 0 radical (unpaired) electrons. The molecule has 0 heterocycles. The summed E-state index contributed by atoms with van der Waals surface area (Å²) in [6.07, 6.45) is 1.33. The van der Waals surface area contributed by atoms with Crippen LogP contribution in [0.4, 0.5) is 4.39 Å². The Balaban J connectivity index is 2.37. The Labute approximate surface area is 116 Å². The molecule has 1 unspecified atom stereocenters. The Hall–Kier alpha value is -1.33. The minimum atomic E-state index is -0.459. The molecule has 2 N–H and O–H groups in total. The maximum absolute atomic E-state index is 12.8. The number of ether oxygens (including phenoxy) is 1. The van der Waals surface area contributed by atoms with Gasteiger partial charge in [-0.2, -0.15) is 0 Å². The van der Waals surface area contributed by atoms with Gasteiger partial charge in [0.1, 0.15) is 11.6 Å². The molecule has 0 aromatic heterocycles. The predicted molar refractivity (Wildman–Crippen MR) is 70.8 cm³/mol. The number of aliphatic hydroxyl groups is 1. The summed E-state index contributed by atoms with van der Waals surface area (Å²) in [5.74, 6) is -0.480. The zero-order valence-electron chi connectivity index (χ0n) is 10.7. The van der Waals surface area contributed by atoms with Crippen LogP contribution in [-0.2, 0) is 4.79 Å². The van der Waals surface area contributed by atoms with E-state index in [2.05, 4.69) is 5.32 Å². The van der Waals surface area contributed by atoms with E-state index in [0.717, 1.165) is 6.07 Å². The molecule has 6 heteroatoms. The number of nitrogens with one attached hydrogen (secondary N) is 1. The lowest BCUT2D eigenvalue weighted by molar-refractivity contribution is -0.123. The highest BCUT2D eigenvalue weighted by Gasteiger charge is 2.09. The van der Waals surface area contributed by atoms with Crippen molar-refractivity contribution in [2.75, 3.05) is 13.2 Å². The van der Waals surface area contributed by atoms with E-state index in [-0.39, 0.29) is 35.9 Å². The van der Waals surface area contributed by atoms with Gasteiger partial charge in [0.25, 0.3) is 5.91 Å². The fraction of sp³-hybridized carbons (Fsp3) is 0.462. The average molecular weight is 290 g/mol. The van der Waals surface area contributed by atoms with Crippen molar-refractivity contribution in [1.29, 1.82) is 0 Å². The van der Waals surface area contributed by atoms with E-state index in [1.54, 1.807) is 0 Å². The zero-order valence-corrected chi connectivity index (χ0v) is 11.4. The molecule has 1 atom stereocenters. The molecule has 0 aliphatic rings. The second kappa shape index (κ2) is 7.96. The maximum Gasteiger partial charge on any atom is 0.258 e. The molecule has 1 aromatic carbocycles. The van der Waals surface area contributed by atoms with Crippen molar-refractivity contribution in [2.45, 2.75) is 25.8 Å². The number of hydrogen-bond acceptors (Lipinski definition) is 3. The van der Waals surface area contributed by atoms with Gasteiger partial charge in [-0.3, -0.25) is 4.79 Å². The summed E-state index contributed by atoms with van der Waals surface area (Å²) in [6.45, 7) is 1.76. The summed E-state index contributed by atoms with van der Waals surface area (Å²) in [7, 11) is 0. The van der Waals surface area contributed by atoms with Crippen LogP contribution in [0.1, 0.15) is 19.8 Å². The van der Waals surface area contributed by atoms with E-state index < -0.39 is 5.82 Å². The topological polar surface area (TPSA) is 58.6 Å². The van der Waals surface area contributed by atoms with Crippen molar-refractivity contribution in [3.63, 3.8) is 0 Å². The first-order valence-corrected chi connectivity index (χ1v) is 6.38. The molecule has 0 bridgehead atoms. The van der Waals surface area contributed by atoms with Crippen LogP contribution in [0.2, 0.25) is 5.02 Å². The summed E-state index contributed by atoms with van der Waals surface area (Å²) >= 11 is 5.76. The predicted octanol–water partition coefficient (Wildman–Crippen LogP) is 2.14. The molecule has 19 heavy (non-hydrogen) atoms. The van der Waals surface area contributed by atoms with E-state index in [1.165, 1.54) is 12.1 Å². The monoisotopic (exact) mass is 289 g/mol. The number of amides is 1. The molecule has 0 spiro atoms. The average Bonchev–Trinajstić information content (AvgIpc) is 2.35. The first kappa shape index (κ1) is 15.7. The summed E-state index contributed by atoms with van der Waals surface area (Å²) < 4.78 is 18.0. The van der Waals surface area contributed by atoms with E-state index in [1.807, 2.05) is 6.92 Å². The third kappa shape index (κ3) is 5.89. The molecule has 1 rings (SSSR count). The number of rotatable bonds is 7. The Morgan fingerprint density at radius 2 is 2.32 bits per heavy atom. The number of hydrogen-bond donors (Lipinski definition) is 2. The number of carbonyl (C=O) groups excluding carboxylic acids is 1.